The van der Waals surface area contributed by atoms with Gasteiger partial charge in [-0.25, -0.2) is 4.79 Å². The lowest BCUT2D eigenvalue weighted by Crippen LogP contribution is -2.40. The minimum absolute atomic E-state index is 0.122. The summed E-state index contributed by atoms with van der Waals surface area (Å²) in [4.78, 5) is 28.2. The van der Waals surface area contributed by atoms with Crippen molar-refractivity contribution in [3.05, 3.63) is 26.4 Å². The van der Waals surface area contributed by atoms with Crippen molar-refractivity contribution in [2.75, 3.05) is 7.05 Å². The standard InChI is InChI=1S/C14H23N3O3/c1-8(2)11-12(18)15-14(20)17(13(11)19)7-9(3)16(4)10-5-6-10/h8-10,19H,5-7H2,1-4H3,(H,15,18,20). The smallest absolute Gasteiger partial charge is 0.331 e. The van der Waals surface area contributed by atoms with Crippen LogP contribution in [0.3, 0.4) is 0 Å². The lowest BCUT2D eigenvalue weighted by atomic mass is 10.1. The zero-order chi connectivity index (χ0) is 15.0. The molecule has 0 aromatic carbocycles. The molecule has 1 heterocycles. The van der Waals surface area contributed by atoms with E-state index < -0.39 is 11.2 Å². The molecule has 1 aliphatic carbocycles. The minimum atomic E-state index is -0.548. The molecule has 0 radical (unpaired) electrons. The highest BCUT2D eigenvalue weighted by Gasteiger charge is 2.30. The SMILES string of the molecule is CC(C)c1c(O)n(CC(C)N(C)C2CC2)c(=O)[nH]c1=O. The van der Waals surface area contributed by atoms with Crippen LogP contribution in [0.5, 0.6) is 5.88 Å². The van der Waals surface area contributed by atoms with Crippen LogP contribution in [0, 0.1) is 0 Å². The Morgan fingerprint density at radius 1 is 1.35 bits per heavy atom. The predicted molar refractivity (Wildman–Crippen MR) is 77.3 cm³/mol. The summed E-state index contributed by atoms with van der Waals surface area (Å²) in [6, 6.07) is 0.701. The van der Waals surface area contributed by atoms with Gasteiger partial charge >= 0.3 is 5.69 Å². The van der Waals surface area contributed by atoms with Crippen LogP contribution in [0.25, 0.3) is 0 Å². The first-order valence-electron chi connectivity index (χ1n) is 7.10. The van der Waals surface area contributed by atoms with Gasteiger partial charge in [0.1, 0.15) is 0 Å². The van der Waals surface area contributed by atoms with Crippen LogP contribution in [0.15, 0.2) is 9.59 Å². The number of likely N-dealkylation sites (N-methyl/N-ethyl adjacent to an activating group) is 1. The molecule has 112 valence electrons. The van der Waals surface area contributed by atoms with Crippen molar-refractivity contribution in [2.24, 2.45) is 0 Å². The Hall–Kier alpha value is -1.56. The van der Waals surface area contributed by atoms with Crippen molar-refractivity contribution in [3.63, 3.8) is 0 Å². The summed E-state index contributed by atoms with van der Waals surface area (Å²) in [5.41, 5.74) is -0.777. The van der Waals surface area contributed by atoms with Gasteiger partial charge in [0.05, 0.1) is 5.56 Å². The van der Waals surface area contributed by atoms with Crippen LogP contribution in [-0.2, 0) is 6.54 Å². The van der Waals surface area contributed by atoms with Crippen molar-refractivity contribution < 1.29 is 5.11 Å². The number of nitrogens with zero attached hydrogens (tertiary/aromatic N) is 2. The third-order valence-corrected chi connectivity index (χ3v) is 4.05. The van der Waals surface area contributed by atoms with Gasteiger partial charge in [0.15, 0.2) is 0 Å². The molecule has 1 fully saturated rings. The molecule has 0 saturated heterocycles. The van der Waals surface area contributed by atoms with E-state index in [-0.39, 0.29) is 23.4 Å². The van der Waals surface area contributed by atoms with Gasteiger partial charge in [0, 0.05) is 18.6 Å². The third kappa shape index (κ3) is 2.80. The van der Waals surface area contributed by atoms with E-state index in [9.17, 15) is 14.7 Å². The number of H-pyrrole nitrogens is 1. The minimum Gasteiger partial charge on any atom is -0.494 e. The van der Waals surface area contributed by atoms with Gasteiger partial charge in [-0.3, -0.25) is 19.2 Å². The fourth-order valence-electron chi connectivity index (χ4n) is 2.50. The predicted octanol–water partition coefficient (Wildman–Crippen LogP) is 0.848. The van der Waals surface area contributed by atoms with E-state index in [4.69, 9.17) is 0 Å². The normalized spacial score (nSPS) is 16.9. The van der Waals surface area contributed by atoms with Crippen LogP contribution in [0.2, 0.25) is 0 Å². The molecule has 0 amide bonds. The molecule has 1 atom stereocenters. The lowest BCUT2D eigenvalue weighted by molar-refractivity contribution is 0.216. The first kappa shape index (κ1) is 14.8. The van der Waals surface area contributed by atoms with Gasteiger partial charge in [0.2, 0.25) is 5.88 Å². The van der Waals surface area contributed by atoms with Crippen molar-refractivity contribution in [3.8, 4) is 5.88 Å². The zero-order valence-corrected chi connectivity index (χ0v) is 12.5. The van der Waals surface area contributed by atoms with E-state index in [1.54, 1.807) is 0 Å². The second-order valence-corrected chi connectivity index (χ2v) is 6.01. The van der Waals surface area contributed by atoms with Crippen LogP contribution in [-0.4, -0.2) is 38.7 Å². The molecule has 1 aliphatic rings. The summed E-state index contributed by atoms with van der Waals surface area (Å²) >= 11 is 0. The van der Waals surface area contributed by atoms with Crippen LogP contribution >= 0.6 is 0 Å². The maximum Gasteiger partial charge on any atom is 0.331 e. The average molecular weight is 281 g/mol. The molecule has 1 aromatic heterocycles. The van der Waals surface area contributed by atoms with E-state index in [0.717, 1.165) is 0 Å². The summed E-state index contributed by atoms with van der Waals surface area (Å²) in [5, 5.41) is 10.2. The van der Waals surface area contributed by atoms with Gasteiger partial charge in [-0.2, -0.15) is 0 Å². The highest BCUT2D eigenvalue weighted by atomic mass is 16.3. The van der Waals surface area contributed by atoms with Crippen molar-refractivity contribution in [1.82, 2.24) is 14.5 Å². The summed E-state index contributed by atoms with van der Waals surface area (Å²) in [6.45, 7) is 6.02. The van der Waals surface area contributed by atoms with Gasteiger partial charge in [0.25, 0.3) is 5.56 Å². The second kappa shape index (κ2) is 5.44. The Morgan fingerprint density at radius 3 is 2.45 bits per heavy atom. The molecule has 1 saturated carbocycles. The summed E-state index contributed by atoms with van der Waals surface area (Å²) < 4.78 is 1.26. The molecule has 6 heteroatoms. The molecule has 2 rings (SSSR count). The molecule has 1 aromatic rings. The molecule has 1 unspecified atom stereocenters. The Labute approximate surface area is 118 Å². The quantitative estimate of drug-likeness (QED) is 0.838. The molecule has 0 spiro atoms. The molecule has 6 nitrogen and oxygen atoms in total. The Bertz CT molecular complexity index is 599. The number of aromatic nitrogens is 2. The summed E-state index contributed by atoms with van der Waals surface area (Å²) in [5.74, 6) is -0.341. The van der Waals surface area contributed by atoms with E-state index in [0.29, 0.717) is 12.6 Å². The monoisotopic (exact) mass is 281 g/mol. The Balaban J connectivity index is 2.33. The molecule has 2 N–H and O–H groups in total. The topological polar surface area (TPSA) is 78.3 Å². The first-order chi connectivity index (χ1) is 9.32. The molecule has 20 heavy (non-hydrogen) atoms. The van der Waals surface area contributed by atoms with Crippen LogP contribution in [0.1, 0.15) is 45.1 Å². The fraction of sp³-hybridized carbons (Fsp3) is 0.714. The second-order valence-electron chi connectivity index (χ2n) is 6.01. The Morgan fingerprint density at radius 2 is 1.95 bits per heavy atom. The van der Waals surface area contributed by atoms with Gasteiger partial charge in [-0.05, 0) is 32.7 Å². The van der Waals surface area contributed by atoms with Crippen LogP contribution in [0.4, 0.5) is 0 Å². The van der Waals surface area contributed by atoms with E-state index >= 15 is 0 Å². The molecular formula is C14H23N3O3. The van der Waals surface area contributed by atoms with E-state index in [1.807, 2.05) is 27.8 Å². The highest BCUT2D eigenvalue weighted by Crippen LogP contribution is 2.27. The maximum absolute atomic E-state index is 11.9. The zero-order valence-electron chi connectivity index (χ0n) is 12.5. The van der Waals surface area contributed by atoms with Gasteiger partial charge in [-0.1, -0.05) is 13.8 Å². The number of aromatic amines is 1. The summed E-state index contributed by atoms with van der Waals surface area (Å²) in [7, 11) is 2.03. The maximum atomic E-state index is 11.9. The van der Waals surface area contributed by atoms with E-state index in [2.05, 4.69) is 9.88 Å². The number of nitrogens with one attached hydrogen (secondary N) is 1. The van der Waals surface area contributed by atoms with Crippen molar-refractivity contribution in [1.29, 1.82) is 0 Å². The number of hydrogen-bond donors (Lipinski definition) is 2. The number of aromatic hydroxyl groups is 1. The highest BCUT2D eigenvalue weighted by molar-refractivity contribution is 5.25. The molecular weight excluding hydrogens is 258 g/mol. The molecule has 0 bridgehead atoms. The average Bonchev–Trinajstić information content (AvgIpc) is 3.16. The van der Waals surface area contributed by atoms with E-state index in [1.165, 1.54) is 17.4 Å². The van der Waals surface area contributed by atoms with Gasteiger partial charge in [-0.15, -0.1) is 0 Å². The molecule has 0 aliphatic heterocycles. The number of hydrogen-bond acceptors (Lipinski definition) is 4. The summed E-state index contributed by atoms with van der Waals surface area (Å²) in [6.07, 6.45) is 2.37. The van der Waals surface area contributed by atoms with Crippen molar-refractivity contribution in [2.45, 2.75) is 58.2 Å². The largest absolute Gasteiger partial charge is 0.494 e. The van der Waals surface area contributed by atoms with Crippen molar-refractivity contribution >= 4 is 0 Å². The van der Waals surface area contributed by atoms with Gasteiger partial charge < -0.3 is 5.11 Å². The first-order valence-corrected chi connectivity index (χ1v) is 7.10. The fourth-order valence-corrected chi connectivity index (χ4v) is 2.50. The third-order valence-electron chi connectivity index (χ3n) is 4.05. The lowest BCUT2D eigenvalue weighted by Gasteiger charge is -2.25. The Kier molecular flexibility index (Phi) is 4.04. The van der Waals surface area contributed by atoms with Crippen LogP contribution < -0.4 is 11.2 Å². The number of rotatable bonds is 5.